The SMILES string of the molecule is CCOC(=O)c1cccc([N+](=O)[O-])c1C(=O)[O-].[K+]. The smallest absolute Gasteiger partial charge is 0.545 e. The number of nitro groups is 1. The summed E-state index contributed by atoms with van der Waals surface area (Å²) in [6, 6.07) is 3.32. The first-order chi connectivity index (χ1) is 7.99. The van der Waals surface area contributed by atoms with Crippen molar-refractivity contribution in [3.63, 3.8) is 0 Å². The van der Waals surface area contributed by atoms with Crippen LogP contribution >= 0.6 is 0 Å². The molecule has 0 unspecified atom stereocenters. The van der Waals surface area contributed by atoms with E-state index in [1.165, 1.54) is 13.0 Å². The number of hydrogen-bond donors (Lipinski definition) is 0. The van der Waals surface area contributed by atoms with Crippen molar-refractivity contribution in [3.8, 4) is 0 Å². The number of nitrogens with zero attached hydrogens (tertiary/aromatic N) is 1. The van der Waals surface area contributed by atoms with Crippen LogP contribution in [0, 0.1) is 10.1 Å². The van der Waals surface area contributed by atoms with E-state index in [2.05, 4.69) is 4.74 Å². The number of hydrogen-bond acceptors (Lipinski definition) is 6. The molecule has 90 valence electrons. The Balaban J connectivity index is 0.00000289. The van der Waals surface area contributed by atoms with Crippen LogP contribution in [0.3, 0.4) is 0 Å². The number of rotatable bonds is 4. The number of aromatic carboxylic acids is 1. The summed E-state index contributed by atoms with van der Waals surface area (Å²) in [4.78, 5) is 32.0. The van der Waals surface area contributed by atoms with E-state index < -0.39 is 28.1 Å². The number of nitro benzene ring substituents is 1. The van der Waals surface area contributed by atoms with Gasteiger partial charge in [-0.1, -0.05) is 6.07 Å². The van der Waals surface area contributed by atoms with Gasteiger partial charge < -0.3 is 14.6 Å². The van der Waals surface area contributed by atoms with Crippen molar-refractivity contribution in [2.24, 2.45) is 0 Å². The van der Waals surface area contributed by atoms with Crippen molar-refractivity contribution in [1.29, 1.82) is 0 Å². The Hall–Kier alpha value is -0.804. The van der Waals surface area contributed by atoms with Gasteiger partial charge in [-0.3, -0.25) is 10.1 Å². The van der Waals surface area contributed by atoms with Crippen molar-refractivity contribution in [1.82, 2.24) is 0 Å². The zero-order valence-electron chi connectivity index (χ0n) is 9.84. The van der Waals surface area contributed by atoms with Gasteiger partial charge in [-0.2, -0.15) is 0 Å². The van der Waals surface area contributed by atoms with Gasteiger partial charge in [0.1, 0.15) is 0 Å². The predicted octanol–water partition coefficient (Wildman–Crippen LogP) is -2.86. The molecule has 1 aromatic rings. The van der Waals surface area contributed by atoms with Crippen LogP contribution in [0.4, 0.5) is 5.69 Å². The minimum atomic E-state index is -1.79. The number of ether oxygens (including phenoxy) is 1. The van der Waals surface area contributed by atoms with Crippen molar-refractivity contribution < 1.29 is 75.7 Å². The van der Waals surface area contributed by atoms with E-state index in [4.69, 9.17) is 0 Å². The van der Waals surface area contributed by atoms with Crippen LogP contribution in [-0.2, 0) is 4.74 Å². The summed E-state index contributed by atoms with van der Waals surface area (Å²) in [7, 11) is 0. The van der Waals surface area contributed by atoms with Crippen LogP contribution in [0.25, 0.3) is 0 Å². The number of carboxylic acid groups (broad SMARTS) is 1. The number of carbonyl (C=O) groups excluding carboxylic acids is 2. The fourth-order valence-electron chi connectivity index (χ4n) is 1.29. The maximum atomic E-state index is 11.4. The second-order valence-electron chi connectivity index (χ2n) is 2.96. The number of carbonyl (C=O) groups is 2. The Morgan fingerprint density at radius 1 is 1.39 bits per heavy atom. The topological polar surface area (TPSA) is 110 Å². The summed E-state index contributed by atoms with van der Waals surface area (Å²) >= 11 is 0. The Morgan fingerprint density at radius 3 is 2.44 bits per heavy atom. The molecule has 0 bridgehead atoms. The van der Waals surface area contributed by atoms with Crippen molar-refractivity contribution in [3.05, 3.63) is 39.4 Å². The van der Waals surface area contributed by atoms with Gasteiger partial charge in [0.05, 0.1) is 28.6 Å². The number of esters is 1. The molecule has 0 fully saturated rings. The molecule has 0 radical (unpaired) electrons. The largest absolute Gasteiger partial charge is 1.00 e. The zero-order valence-corrected chi connectivity index (χ0v) is 13.0. The molecule has 8 heteroatoms. The van der Waals surface area contributed by atoms with Gasteiger partial charge in [0.2, 0.25) is 0 Å². The molecule has 0 aromatic heterocycles. The van der Waals surface area contributed by atoms with E-state index in [1.54, 1.807) is 0 Å². The molecule has 0 saturated heterocycles. The molecule has 0 aliphatic carbocycles. The van der Waals surface area contributed by atoms with Crippen LogP contribution in [0.2, 0.25) is 0 Å². The molecule has 18 heavy (non-hydrogen) atoms. The molecule has 0 aliphatic heterocycles. The molecular formula is C10H8KNO6. The summed E-state index contributed by atoms with van der Waals surface area (Å²) in [6.45, 7) is 1.57. The minimum absolute atomic E-state index is 0. The normalized spacial score (nSPS) is 9.17. The van der Waals surface area contributed by atoms with Gasteiger partial charge in [-0.15, -0.1) is 0 Å². The summed E-state index contributed by atoms with van der Waals surface area (Å²) in [5.74, 6) is -2.73. The fraction of sp³-hybridized carbons (Fsp3) is 0.200. The molecule has 0 saturated carbocycles. The molecule has 7 nitrogen and oxygen atoms in total. The number of carboxylic acids is 1. The van der Waals surface area contributed by atoms with Gasteiger partial charge >= 0.3 is 57.4 Å². The molecule has 1 aromatic carbocycles. The standard InChI is InChI=1S/C10H9NO6.K/c1-2-17-10(14)6-4-3-5-7(11(15)16)8(6)9(12)13;/h3-5H,2H2,1H3,(H,12,13);/q;+1/p-1. The summed E-state index contributed by atoms with van der Waals surface area (Å²) in [6.07, 6.45) is 0. The quantitative estimate of drug-likeness (QED) is 0.253. The fourth-order valence-corrected chi connectivity index (χ4v) is 1.29. The average molecular weight is 277 g/mol. The number of benzene rings is 1. The van der Waals surface area contributed by atoms with E-state index in [-0.39, 0.29) is 63.6 Å². The van der Waals surface area contributed by atoms with Crippen molar-refractivity contribution >= 4 is 17.6 Å². The van der Waals surface area contributed by atoms with E-state index in [9.17, 15) is 24.8 Å². The second-order valence-corrected chi connectivity index (χ2v) is 2.96. The van der Waals surface area contributed by atoms with Gasteiger partial charge in [0.25, 0.3) is 5.69 Å². The third kappa shape index (κ3) is 3.85. The molecule has 0 N–H and O–H groups in total. The summed E-state index contributed by atoms with van der Waals surface area (Å²) in [5, 5.41) is 21.5. The first-order valence-corrected chi connectivity index (χ1v) is 4.65. The molecule has 0 amide bonds. The maximum absolute atomic E-state index is 11.4. The average Bonchev–Trinajstić information content (AvgIpc) is 2.28. The van der Waals surface area contributed by atoms with Crippen molar-refractivity contribution in [2.75, 3.05) is 6.61 Å². The Bertz CT molecular complexity index is 487. The van der Waals surface area contributed by atoms with E-state index in [1.807, 2.05) is 0 Å². The van der Waals surface area contributed by atoms with Gasteiger partial charge in [0.15, 0.2) is 0 Å². The van der Waals surface area contributed by atoms with Gasteiger partial charge in [-0.05, 0) is 13.0 Å². The first-order valence-electron chi connectivity index (χ1n) is 4.65. The van der Waals surface area contributed by atoms with E-state index in [0.717, 1.165) is 12.1 Å². The van der Waals surface area contributed by atoms with Gasteiger partial charge in [0, 0.05) is 6.07 Å². The van der Waals surface area contributed by atoms with E-state index in [0.29, 0.717) is 0 Å². The van der Waals surface area contributed by atoms with Crippen LogP contribution in [0.5, 0.6) is 0 Å². The molecule has 0 atom stereocenters. The van der Waals surface area contributed by atoms with Crippen LogP contribution in [0.15, 0.2) is 18.2 Å². The molecular weight excluding hydrogens is 269 g/mol. The van der Waals surface area contributed by atoms with Crippen molar-refractivity contribution in [2.45, 2.75) is 6.92 Å². The zero-order chi connectivity index (χ0) is 13.0. The summed E-state index contributed by atoms with van der Waals surface area (Å²) in [5.41, 5.74) is -1.85. The predicted molar refractivity (Wildman–Crippen MR) is 53.4 cm³/mol. The molecule has 0 heterocycles. The van der Waals surface area contributed by atoms with Crippen LogP contribution in [0.1, 0.15) is 27.6 Å². The first kappa shape index (κ1) is 17.2. The van der Waals surface area contributed by atoms with E-state index >= 15 is 0 Å². The monoisotopic (exact) mass is 277 g/mol. The molecule has 1 rings (SSSR count). The second kappa shape index (κ2) is 7.59. The molecule has 0 aliphatic rings. The van der Waals surface area contributed by atoms with Gasteiger partial charge in [-0.25, -0.2) is 4.79 Å². The molecule has 0 spiro atoms. The Labute approximate surface area is 145 Å². The third-order valence-corrected chi connectivity index (χ3v) is 1.94. The Morgan fingerprint density at radius 2 is 2.00 bits per heavy atom. The maximum Gasteiger partial charge on any atom is 1.00 e. The summed E-state index contributed by atoms with van der Waals surface area (Å²) < 4.78 is 4.60. The third-order valence-electron chi connectivity index (χ3n) is 1.94. The Kier molecular flexibility index (Phi) is 7.25. The van der Waals surface area contributed by atoms with Crippen LogP contribution < -0.4 is 56.5 Å². The minimum Gasteiger partial charge on any atom is -0.545 e. The van der Waals surface area contributed by atoms with Crippen LogP contribution in [-0.4, -0.2) is 23.5 Å².